The number of nitriles is 1. The number of aromatic nitrogens is 3. The molecule has 0 saturated carbocycles. The van der Waals surface area contributed by atoms with E-state index >= 15 is 0 Å². The van der Waals surface area contributed by atoms with Crippen LogP contribution in [0.25, 0.3) is 33.2 Å². The minimum atomic E-state index is -0.249. The molecule has 0 unspecified atom stereocenters. The lowest BCUT2D eigenvalue weighted by Crippen LogP contribution is -2.28. The number of carbonyl (C=O) groups is 1. The number of nitrogen functional groups attached to an aromatic ring is 1. The molecule has 1 aliphatic rings. The summed E-state index contributed by atoms with van der Waals surface area (Å²) in [6.07, 6.45) is 5.46. The van der Waals surface area contributed by atoms with Gasteiger partial charge in [0.1, 0.15) is 0 Å². The Balaban J connectivity index is 1.70. The molecule has 158 valence electrons. The molecule has 2 N–H and O–H groups in total. The van der Waals surface area contributed by atoms with Gasteiger partial charge >= 0.3 is 0 Å². The van der Waals surface area contributed by atoms with E-state index in [1.165, 1.54) is 0 Å². The monoisotopic (exact) mass is 422 g/mol. The lowest BCUT2D eigenvalue weighted by molar-refractivity contribution is 0.0767. The minimum Gasteiger partial charge on any atom is -0.398 e. The molecule has 2 aromatic carbocycles. The second-order valence-corrected chi connectivity index (χ2v) is 8.24. The first kappa shape index (κ1) is 19.8. The van der Waals surface area contributed by atoms with Gasteiger partial charge in [0, 0.05) is 49.2 Å². The summed E-state index contributed by atoms with van der Waals surface area (Å²) in [5.41, 5.74) is 13.1. The molecule has 0 fully saturated rings. The molecular formula is C25H22N6O. The molecule has 7 nitrogen and oxygen atoms in total. The van der Waals surface area contributed by atoms with E-state index < -0.39 is 0 Å². The number of hydrogen-bond donors (Lipinski definition) is 1. The largest absolute Gasteiger partial charge is 0.398 e. The van der Waals surface area contributed by atoms with E-state index in [0.29, 0.717) is 24.3 Å². The van der Waals surface area contributed by atoms with Crippen molar-refractivity contribution in [2.45, 2.75) is 13.5 Å². The van der Waals surface area contributed by atoms with E-state index in [0.717, 1.165) is 38.7 Å². The lowest BCUT2D eigenvalue weighted by atomic mass is 9.92. The predicted octanol–water partition coefficient (Wildman–Crippen LogP) is 4.00. The Bertz CT molecular complexity index is 1400. The van der Waals surface area contributed by atoms with Crippen LogP contribution in [0.4, 0.5) is 5.69 Å². The lowest BCUT2D eigenvalue weighted by Gasteiger charge is -2.17. The maximum absolute atomic E-state index is 13.1. The standard InChI is InChI=1S/C25H22N6O/c1-15(10-26)13-31-14-21-18(5-6-22(27)24(21)25(31)32)17-8-19(16-4-3-7-28-11-16)20-12-29-30(2)23(20)9-17/h3-9,11-12,15H,13-14,27H2,1-2H3/t15-/m1/s1. The predicted molar refractivity (Wildman–Crippen MR) is 123 cm³/mol. The summed E-state index contributed by atoms with van der Waals surface area (Å²) in [7, 11) is 1.92. The highest BCUT2D eigenvalue weighted by Crippen LogP contribution is 2.39. The van der Waals surface area contributed by atoms with Gasteiger partial charge < -0.3 is 10.6 Å². The van der Waals surface area contributed by atoms with Crippen molar-refractivity contribution in [3.05, 3.63) is 66.1 Å². The minimum absolute atomic E-state index is 0.115. The van der Waals surface area contributed by atoms with Crippen LogP contribution in [0.3, 0.4) is 0 Å². The zero-order valence-corrected chi connectivity index (χ0v) is 17.9. The maximum Gasteiger partial charge on any atom is 0.256 e. The van der Waals surface area contributed by atoms with E-state index in [9.17, 15) is 10.1 Å². The number of pyridine rings is 1. The van der Waals surface area contributed by atoms with Gasteiger partial charge in [0.25, 0.3) is 5.91 Å². The van der Waals surface area contributed by atoms with Crippen LogP contribution in [0, 0.1) is 17.2 Å². The van der Waals surface area contributed by atoms with Gasteiger partial charge in [-0.1, -0.05) is 12.1 Å². The number of amides is 1. The first-order valence-electron chi connectivity index (χ1n) is 10.4. The molecule has 2 aromatic heterocycles. The Morgan fingerprint density at radius 1 is 1.19 bits per heavy atom. The molecule has 5 rings (SSSR count). The van der Waals surface area contributed by atoms with E-state index in [2.05, 4.69) is 28.3 Å². The van der Waals surface area contributed by atoms with Crippen molar-refractivity contribution >= 4 is 22.5 Å². The Kier molecular flexibility index (Phi) is 4.63. The zero-order chi connectivity index (χ0) is 22.4. The third-order valence-corrected chi connectivity index (χ3v) is 6.06. The van der Waals surface area contributed by atoms with E-state index in [1.807, 2.05) is 49.2 Å². The number of rotatable bonds is 4. The highest BCUT2D eigenvalue weighted by Gasteiger charge is 2.32. The van der Waals surface area contributed by atoms with Crippen LogP contribution < -0.4 is 5.73 Å². The topological polar surface area (TPSA) is 101 Å². The summed E-state index contributed by atoms with van der Waals surface area (Å²) in [5.74, 6) is -0.364. The molecule has 0 radical (unpaired) electrons. The molecule has 0 bridgehead atoms. The molecule has 4 aromatic rings. The van der Waals surface area contributed by atoms with Crippen LogP contribution in [-0.4, -0.2) is 32.1 Å². The van der Waals surface area contributed by atoms with Gasteiger partial charge in [0.05, 0.1) is 29.3 Å². The average molecular weight is 422 g/mol. The van der Waals surface area contributed by atoms with Gasteiger partial charge in [-0.2, -0.15) is 10.4 Å². The number of carbonyl (C=O) groups excluding carboxylic acids is 1. The SMILES string of the molecule is C[C@H](C#N)CN1Cc2c(-c3cc(-c4cccnc4)c4cnn(C)c4c3)ccc(N)c2C1=O. The Morgan fingerprint density at radius 3 is 2.78 bits per heavy atom. The number of anilines is 1. The molecule has 7 heteroatoms. The Hall–Kier alpha value is -4.18. The first-order chi connectivity index (χ1) is 15.5. The fourth-order valence-electron chi connectivity index (χ4n) is 4.46. The number of aryl methyl sites for hydroxylation is 1. The van der Waals surface area contributed by atoms with Crippen molar-refractivity contribution in [2.75, 3.05) is 12.3 Å². The fourth-order valence-corrected chi connectivity index (χ4v) is 4.46. The Morgan fingerprint density at radius 2 is 2.03 bits per heavy atom. The van der Waals surface area contributed by atoms with E-state index in [4.69, 9.17) is 5.73 Å². The van der Waals surface area contributed by atoms with E-state index in [1.54, 1.807) is 17.2 Å². The molecule has 3 heterocycles. The molecular weight excluding hydrogens is 400 g/mol. The number of nitrogens with zero attached hydrogens (tertiary/aromatic N) is 5. The van der Waals surface area contributed by atoms with Crippen LogP contribution >= 0.6 is 0 Å². The number of fused-ring (bicyclic) bond motifs is 2. The molecule has 1 amide bonds. The molecule has 1 aliphatic heterocycles. The van der Waals surface area contributed by atoms with Gasteiger partial charge in [-0.15, -0.1) is 0 Å². The average Bonchev–Trinajstić information content (AvgIpc) is 3.34. The van der Waals surface area contributed by atoms with Gasteiger partial charge in [-0.05, 0) is 53.4 Å². The number of hydrogen-bond acceptors (Lipinski definition) is 5. The van der Waals surface area contributed by atoms with Crippen LogP contribution in [-0.2, 0) is 13.6 Å². The summed E-state index contributed by atoms with van der Waals surface area (Å²) >= 11 is 0. The van der Waals surface area contributed by atoms with Crippen molar-refractivity contribution in [1.82, 2.24) is 19.7 Å². The normalized spacial score (nSPS) is 13.9. The summed E-state index contributed by atoms with van der Waals surface area (Å²) in [4.78, 5) is 19.1. The quantitative estimate of drug-likeness (QED) is 0.501. The summed E-state index contributed by atoms with van der Waals surface area (Å²) in [5, 5.41) is 14.7. The van der Waals surface area contributed by atoms with Crippen molar-refractivity contribution in [3.63, 3.8) is 0 Å². The molecule has 0 saturated heterocycles. The van der Waals surface area contributed by atoms with Crippen molar-refractivity contribution in [2.24, 2.45) is 13.0 Å². The van der Waals surface area contributed by atoms with Crippen molar-refractivity contribution in [3.8, 4) is 28.3 Å². The molecule has 1 atom stereocenters. The third-order valence-electron chi connectivity index (χ3n) is 6.06. The van der Waals surface area contributed by atoms with Gasteiger partial charge in [-0.3, -0.25) is 14.5 Å². The molecule has 0 spiro atoms. The highest BCUT2D eigenvalue weighted by molar-refractivity contribution is 6.06. The second kappa shape index (κ2) is 7.50. The molecule has 0 aliphatic carbocycles. The van der Waals surface area contributed by atoms with Gasteiger partial charge in [-0.25, -0.2) is 0 Å². The van der Waals surface area contributed by atoms with Crippen LogP contribution in [0.5, 0.6) is 0 Å². The van der Waals surface area contributed by atoms with Crippen LogP contribution in [0.1, 0.15) is 22.8 Å². The van der Waals surface area contributed by atoms with Crippen LogP contribution in [0.2, 0.25) is 0 Å². The van der Waals surface area contributed by atoms with Gasteiger partial charge in [0.15, 0.2) is 0 Å². The smallest absolute Gasteiger partial charge is 0.256 e. The van der Waals surface area contributed by atoms with Crippen molar-refractivity contribution < 1.29 is 4.79 Å². The zero-order valence-electron chi connectivity index (χ0n) is 17.9. The molecule has 32 heavy (non-hydrogen) atoms. The van der Waals surface area contributed by atoms with Crippen LogP contribution in [0.15, 0.2) is 55.0 Å². The number of nitrogens with two attached hydrogens (primary N) is 1. The van der Waals surface area contributed by atoms with E-state index in [-0.39, 0.29) is 11.8 Å². The third kappa shape index (κ3) is 3.08. The van der Waals surface area contributed by atoms with Crippen molar-refractivity contribution in [1.29, 1.82) is 5.26 Å². The maximum atomic E-state index is 13.1. The Labute approximate surface area is 185 Å². The summed E-state index contributed by atoms with van der Waals surface area (Å²) in [6.45, 7) is 2.63. The first-order valence-corrected chi connectivity index (χ1v) is 10.4. The summed E-state index contributed by atoms with van der Waals surface area (Å²) in [6, 6.07) is 14.1. The number of benzene rings is 2. The second-order valence-electron chi connectivity index (χ2n) is 8.24. The summed E-state index contributed by atoms with van der Waals surface area (Å²) < 4.78 is 1.85. The highest BCUT2D eigenvalue weighted by atomic mass is 16.2. The fraction of sp³-hybridized carbons (Fsp3) is 0.200. The van der Waals surface area contributed by atoms with Gasteiger partial charge in [0.2, 0.25) is 0 Å².